The van der Waals surface area contributed by atoms with Gasteiger partial charge < -0.3 is 14.6 Å². The fraction of sp³-hybridized carbons (Fsp3) is 0.250. The fourth-order valence-electron chi connectivity index (χ4n) is 3.83. The first-order valence-electron chi connectivity index (χ1n) is 9.25. The molecule has 1 aliphatic rings. The Morgan fingerprint density at radius 2 is 1.15 bits per heavy atom. The number of hydrogen-bond donors (Lipinski definition) is 1. The molecule has 0 aliphatic carbocycles. The summed E-state index contributed by atoms with van der Waals surface area (Å²) in [4.78, 5) is 0. The van der Waals surface area contributed by atoms with E-state index < -0.39 is 23.6 Å². The van der Waals surface area contributed by atoms with Gasteiger partial charge in [-0.25, -0.2) is 0 Å². The van der Waals surface area contributed by atoms with Gasteiger partial charge in [0.15, 0.2) is 5.79 Å². The number of benzene rings is 3. The lowest BCUT2D eigenvalue weighted by Crippen LogP contribution is -2.44. The number of aliphatic hydroxyl groups is 1. The van der Waals surface area contributed by atoms with Crippen LogP contribution in [0.3, 0.4) is 0 Å². The third kappa shape index (κ3) is 3.30. The summed E-state index contributed by atoms with van der Waals surface area (Å²) < 4.78 is 12.6. The molecule has 3 aromatic rings. The van der Waals surface area contributed by atoms with Crippen molar-refractivity contribution in [2.24, 2.45) is 0 Å². The Kier molecular flexibility index (Phi) is 4.60. The maximum Gasteiger partial charge on any atom is 0.164 e. The predicted octanol–water partition coefficient (Wildman–Crippen LogP) is 4.82. The molecular formula is C24H24O3. The largest absolute Gasteiger partial charge is 0.378 e. The van der Waals surface area contributed by atoms with Crippen LogP contribution in [-0.4, -0.2) is 17.0 Å². The Hall–Kier alpha value is -2.46. The van der Waals surface area contributed by atoms with Crippen LogP contribution in [0.2, 0.25) is 0 Å². The average Bonchev–Trinajstić information content (AvgIpc) is 3.05. The summed E-state index contributed by atoms with van der Waals surface area (Å²) in [6.07, 6.45) is -0.994. The molecular weight excluding hydrogens is 336 g/mol. The molecule has 0 saturated carbocycles. The molecule has 1 N–H and O–H groups in total. The minimum atomic E-state index is -1.35. The highest BCUT2D eigenvalue weighted by molar-refractivity contribution is 5.39. The lowest BCUT2D eigenvalue weighted by atomic mass is 9.78. The van der Waals surface area contributed by atoms with Gasteiger partial charge in [0.2, 0.25) is 0 Å². The molecule has 0 unspecified atom stereocenters. The molecule has 2 atom stereocenters. The molecule has 3 aromatic carbocycles. The Labute approximate surface area is 160 Å². The van der Waals surface area contributed by atoms with Crippen LogP contribution in [0, 0.1) is 0 Å². The fourth-order valence-corrected chi connectivity index (χ4v) is 3.83. The van der Waals surface area contributed by atoms with E-state index in [2.05, 4.69) is 0 Å². The maximum absolute atomic E-state index is 12.1. The van der Waals surface area contributed by atoms with Crippen molar-refractivity contribution >= 4 is 0 Å². The second-order valence-corrected chi connectivity index (χ2v) is 7.39. The van der Waals surface area contributed by atoms with Gasteiger partial charge in [-0.2, -0.15) is 0 Å². The summed E-state index contributed by atoms with van der Waals surface area (Å²) in [6.45, 7) is 3.78. The summed E-state index contributed by atoms with van der Waals surface area (Å²) in [5, 5.41) is 12.1. The lowest BCUT2D eigenvalue weighted by Gasteiger charge is -2.36. The third-order valence-electron chi connectivity index (χ3n) is 5.06. The van der Waals surface area contributed by atoms with Crippen molar-refractivity contribution < 1.29 is 14.6 Å². The van der Waals surface area contributed by atoms with Crippen molar-refractivity contribution in [2.45, 2.75) is 37.4 Å². The van der Waals surface area contributed by atoms with Gasteiger partial charge in [-0.1, -0.05) is 91.0 Å². The molecule has 0 aromatic heterocycles. The molecule has 1 fully saturated rings. The molecule has 3 nitrogen and oxygen atoms in total. The molecule has 1 heterocycles. The van der Waals surface area contributed by atoms with Crippen LogP contribution < -0.4 is 0 Å². The maximum atomic E-state index is 12.1. The van der Waals surface area contributed by atoms with Gasteiger partial charge >= 0.3 is 0 Å². The van der Waals surface area contributed by atoms with E-state index in [0.717, 1.165) is 16.7 Å². The van der Waals surface area contributed by atoms with Gasteiger partial charge in [0.1, 0.15) is 17.8 Å². The molecule has 1 saturated heterocycles. The summed E-state index contributed by atoms with van der Waals surface area (Å²) in [5.74, 6) is -0.803. The van der Waals surface area contributed by atoms with Crippen LogP contribution in [0.4, 0.5) is 0 Å². The van der Waals surface area contributed by atoms with E-state index in [1.807, 2.05) is 105 Å². The minimum absolute atomic E-state index is 0.397. The second kappa shape index (κ2) is 6.93. The van der Waals surface area contributed by atoms with E-state index >= 15 is 0 Å². The van der Waals surface area contributed by atoms with Gasteiger partial charge in [0, 0.05) is 0 Å². The lowest BCUT2D eigenvalue weighted by molar-refractivity contribution is -0.166. The first kappa shape index (κ1) is 17.9. The summed E-state index contributed by atoms with van der Waals surface area (Å²) in [7, 11) is 0. The quantitative estimate of drug-likeness (QED) is 0.725. The standard InChI is InChI=1S/C24H24O3/c1-23(2)26-21(18-12-6-3-7-13-18)22(27-23)24(25,19-14-8-4-9-15-19)20-16-10-5-11-17-20/h3-17,21-22,25H,1-2H3/t21-,22+/m0/s1. The van der Waals surface area contributed by atoms with Crippen LogP contribution in [0.1, 0.15) is 36.6 Å². The zero-order chi connectivity index (χ0) is 18.9. The van der Waals surface area contributed by atoms with Crippen LogP contribution >= 0.6 is 0 Å². The van der Waals surface area contributed by atoms with E-state index in [1.54, 1.807) is 0 Å². The van der Waals surface area contributed by atoms with E-state index in [1.165, 1.54) is 0 Å². The molecule has 0 spiro atoms. The minimum Gasteiger partial charge on any atom is -0.378 e. The summed E-state index contributed by atoms with van der Waals surface area (Å²) in [5.41, 5.74) is 1.20. The Balaban J connectivity index is 1.88. The molecule has 138 valence electrons. The Morgan fingerprint density at radius 3 is 1.63 bits per heavy atom. The highest BCUT2D eigenvalue weighted by atomic mass is 16.8. The van der Waals surface area contributed by atoms with Crippen LogP contribution in [0.5, 0.6) is 0 Å². The summed E-state index contributed by atoms with van der Waals surface area (Å²) in [6, 6.07) is 29.3. The SMILES string of the molecule is CC1(C)O[C@@H](C(O)(c2ccccc2)c2ccccc2)[C@H](c2ccccc2)O1. The number of ether oxygens (including phenoxy) is 2. The third-order valence-corrected chi connectivity index (χ3v) is 5.06. The van der Waals surface area contributed by atoms with Gasteiger partial charge in [0.05, 0.1) is 0 Å². The van der Waals surface area contributed by atoms with Gasteiger partial charge in [-0.3, -0.25) is 0 Å². The molecule has 0 bridgehead atoms. The summed E-state index contributed by atoms with van der Waals surface area (Å²) >= 11 is 0. The molecule has 27 heavy (non-hydrogen) atoms. The molecule has 4 rings (SSSR count). The van der Waals surface area contributed by atoms with Crippen molar-refractivity contribution in [1.29, 1.82) is 0 Å². The normalized spacial score (nSPS) is 21.9. The van der Waals surface area contributed by atoms with Crippen LogP contribution in [0.25, 0.3) is 0 Å². The van der Waals surface area contributed by atoms with Crippen molar-refractivity contribution in [2.75, 3.05) is 0 Å². The Morgan fingerprint density at radius 1 is 0.704 bits per heavy atom. The van der Waals surface area contributed by atoms with Gasteiger partial charge in [-0.05, 0) is 30.5 Å². The van der Waals surface area contributed by atoms with Crippen molar-refractivity contribution in [3.8, 4) is 0 Å². The predicted molar refractivity (Wildman–Crippen MR) is 105 cm³/mol. The zero-order valence-corrected chi connectivity index (χ0v) is 15.6. The molecule has 0 amide bonds. The van der Waals surface area contributed by atoms with E-state index in [0.29, 0.717) is 0 Å². The first-order chi connectivity index (χ1) is 13.0. The van der Waals surface area contributed by atoms with Crippen molar-refractivity contribution in [1.82, 2.24) is 0 Å². The average molecular weight is 360 g/mol. The Bertz CT molecular complexity index is 836. The number of hydrogen-bond acceptors (Lipinski definition) is 3. The highest BCUT2D eigenvalue weighted by Gasteiger charge is 2.54. The monoisotopic (exact) mass is 360 g/mol. The van der Waals surface area contributed by atoms with Gasteiger partial charge in [-0.15, -0.1) is 0 Å². The molecule has 1 aliphatic heterocycles. The number of rotatable bonds is 4. The van der Waals surface area contributed by atoms with Crippen LogP contribution in [0.15, 0.2) is 91.0 Å². The smallest absolute Gasteiger partial charge is 0.164 e. The van der Waals surface area contributed by atoms with Crippen molar-refractivity contribution in [3.05, 3.63) is 108 Å². The van der Waals surface area contributed by atoms with Crippen molar-refractivity contribution in [3.63, 3.8) is 0 Å². The van der Waals surface area contributed by atoms with E-state index in [4.69, 9.17) is 9.47 Å². The van der Waals surface area contributed by atoms with E-state index in [9.17, 15) is 5.11 Å². The molecule has 3 heteroatoms. The highest BCUT2D eigenvalue weighted by Crippen LogP contribution is 2.48. The van der Waals surface area contributed by atoms with E-state index in [-0.39, 0.29) is 0 Å². The zero-order valence-electron chi connectivity index (χ0n) is 15.6. The second-order valence-electron chi connectivity index (χ2n) is 7.39. The first-order valence-corrected chi connectivity index (χ1v) is 9.25. The van der Waals surface area contributed by atoms with Crippen LogP contribution in [-0.2, 0) is 15.1 Å². The molecule has 0 radical (unpaired) electrons. The van der Waals surface area contributed by atoms with Gasteiger partial charge in [0.25, 0.3) is 0 Å². The topological polar surface area (TPSA) is 38.7 Å².